The molecule has 0 spiro atoms. The van der Waals surface area contributed by atoms with Crippen LogP contribution in [0.4, 0.5) is 0 Å². The topological polar surface area (TPSA) is 130 Å². The van der Waals surface area contributed by atoms with E-state index >= 15 is 0 Å². The van der Waals surface area contributed by atoms with E-state index in [1.54, 1.807) is 32.2 Å². The Morgan fingerprint density at radius 1 is 1.18 bits per heavy atom. The maximum atomic E-state index is 13.3. The third-order valence-electron chi connectivity index (χ3n) is 6.52. The smallest absolute Gasteiger partial charge is 0.266 e. The molecule has 0 bridgehead atoms. The summed E-state index contributed by atoms with van der Waals surface area (Å²) in [6, 6.07) is 3.95. The third kappa shape index (κ3) is 6.01. The zero-order chi connectivity index (χ0) is 24.7. The average Bonchev–Trinajstić information content (AvgIpc) is 2.85. The first-order valence-electron chi connectivity index (χ1n) is 11.8. The molecule has 0 saturated heterocycles. The van der Waals surface area contributed by atoms with Crippen LogP contribution < -0.4 is 20.1 Å². The Bertz CT molecular complexity index is 968. The maximum absolute atomic E-state index is 13.3. The summed E-state index contributed by atoms with van der Waals surface area (Å²) in [6.45, 7) is 2.02. The monoisotopic (exact) mass is 470 g/mol. The molecule has 1 aromatic carbocycles. The maximum Gasteiger partial charge on any atom is 0.266 e. The van der Waals surface area contributed by atoms with Crippen LogP contribution in [0.2, 0.25) is 0 Å². The highest BCUT2D eigenvalue weighted by atomic mass is 16.5. The van der Waals surface area contributed by atoms with E-state index in [2.05, 4.69) is 15.6 Å². The van der Waals surface area contributed by atoms with Crippen molar-refractivity contribution in [1.29, 1.82) is 5.41 Å². The van der Waals surface area contributed by atoms with Crippen molar-refractivity contribution in [1.82, 2.24) is 10.6 Å². The molecule has 1 aliphatic carbocycles. The number of hydrogen-bond acceptors (Lipinski definition) is 7. The van der Waals surface area contributed by atoms with Crippen molar-refractivity contribution >= 4 is 29.0 Å². The van der Waals surface area contributed by atoms with E-state index in [0.29, 0.717) is 42.2 Å². The standard InChI is InChI=1S/C25H34N4O5/c1-15(27-2)22(25(32)28-16-8-5-4-6-9-16)29-24(31)21(26)19-10-7-13-34-20-14-17(33-3)11-12-18(20)23(19)30/h11-12,14,16,19,22,26H,4-10,13H2,1-3H3,(H,28,32)(H,29,31). The van der Waals surface area contributed by atoms with Crippen LogP contribution in [0.15, 0.2) is 23.2 Å². The van der Waals surface area contributed by atoms with Crippen molar-refractivity contribution in [2.24, 2.45) is 10.9 Å². The van der Waals surface area contributed by atoms with E-state index < -0.39 is 17.9 Å². The molecule has 9 nitrogen and oxygen atoms in total. The summed E-state index contributed by atoms with van der Waals surface area (Å²) in [5.41, 5.74) is 0.373. The molecule has 1 heterocycles. The van der Waals surface area contributed by atoms with Gasteiger partial charge in [-0.1, -0.05) is 19.3 Å². The van der Waals surface area contributed by atoms with Gasteiger partial charge in [-0.05, 0) is 44.7 Å². The molecule has 0 radical (unpaired) electrons. The Balaban J connectivity index is 1.75. The number of nitrogens with zero attached hydrogens (tertiary/aromatic N) is 1. The number of Topliss-reactive ketones (excluding diaryl/α,β-unsaturated/α-hetero) is 1. The molecule has 3 N–H and O–H groups in total. The molecule has 1 fully saturated rings. The molecule has 9 heteroatoms. The first kappa shape index (κ1) is 25.4. The van der Waals surface area contributed by atoms with Gasteiger partial charge in [0.25, 0.3) is 5.91 Å². The number of methoxy groups -OCH3 is 1. The van der Waals surface area contributed by atoms with Gasteiger partial charge in [0.15, 0.2) is 5.78 Å². The van der Waals surface area contributed by atoms with Crippen molar-refractivity contribution in [2.45, 2.75) is 64.0 Å². The van der Waals surface area contributed by atoms with Crippen LogP contribution in [0.25, 0.3) is 0 Å². The average molecular weight is 471 g/mol. The predicted octanol–water partition coefficient (Wildman–Crippen LogP) is 2.71. The lowest BCUT2D eigenvalue weighted by atomic mass is 9.87. The van der Waals surface area contributed by atoms with Crippen LogP contribution in [0, 0.1) is 11.3 Å². The van der Waals surface area contributed by atoms with Gasteiger partial charge in [-0.3, -0.25) is 24.8 Å². The number of carbonyl (C=O) groups is 3. The summed E-state index contributed by atoms with van der Waals surface area (Å²) in [5, 5.41) is 14.2. The number of ketones is 1. The normalized spacial score (nSPS) is 20.1. The van der Waals surface area contributed by atoms with Gasteiger partial charge in [0.2, 0.25) is 5.91 Å². The summed E-state index contributed by atoms with van der Waals surface area (Å²) in [4.78, 5) is 43.4. The third-order valence-corrected chi connectivity index (χ3v) is 6.52. The number of fused-ring (bicyclic) bond motifs is 1. The zero-order valence-corrected chi connectivity index (χ0v) is 20.1. The molecule has 2 aliphatic rings. The second-order valence-corrected chi connectivity index (χ2v) is 8.80. The number of rotatable bonds is 7. The van der Waals surface area contributed by atoms with Gasteiger partial charge in [-0.25, -0.2) is 0 Å². The summed E-state index contributed by atoms with van der Waals surface area (Å²) < 4.78 is 10.9. The predicted molar refractivity (Wildman–Crippen MR) is 129 cm³/mol. The van der Waals surface area contributed by atoms with Gasteiger partial charge < -0.3 is 20.1 Å². The molecule has 2 unspecified atom stereocenters. The minimum Gasteiger partial charge on any atom is -0.497 e. The molecule has 1 aliphatic heterocycles. The Kier molecular flexibility index (Phi) is 8.79. The molecule has 1 aromatic rings. The highest BCUT2D eigenvalue weighted by Gasteiger charge is 2.34. The molecule has 3 rings (SSSR count). The SMILES string of the molecule is CN=C(C)C(NC(=O)C(=N)C1CCCOc2cc(OC)ccc2C1=O)C(=O)NC1CCCCC1. The summed E-state index contributed by atoms with van der Waals surface area (Å²) in [6.07, 6.45) is 5.92. The summed E-state index contributed by atoms with van der Waals surface area (Å²) in [7, 11) is 3.08. The molecule has 2 atom stereocenters. The van der Waals surface area contributed by atoms with Gasteiger partial charge in [-0.2, -0.15) is 0 Å². The van der Waals surface area contributed by atoms with Crippen LogP contribution in [-0.2, 0) is 9.59 Å². The molecular formula is C25H34N4O5. The van der Waals surface area contributed by atoms with Gasteiger partial charge in [0, 0.05) is 24.9 Å². The number of carbonyl (C=O) groups excluding carboxylic acids is 3. The van der Waals surface area contributed by atoms with Crippen molar-refractivity contribution in [3.05, 3.63) is 23.8 Å². The zero-order valence-electron chi connectivity index (χ0n) is 20.1. The molecule has 2 amide bonds. The second-order valence-electron chi connectivity index (χ2n) is 8.80. The number of aliphatic imine (C=N–C) groups is 1. The number of nitrogens with one attached hydrogen (secondary N) is 3. The fourth-order valence-corrected chi connectivity index (χ4v) is 4.40. The van der Waals surface area contributed by atoms with Crippen molar-refractivity contribution in [2.75, 3.05) is 20.8 Å². The summed E-state index contributed by atoms with van der Waals surface area (Å²) in [5.74, 6) is -1.45. The number of amides is 2. The van der Waals surface area contributed by atoms with Gasteiger partial charge in [0.1, 0.15) is 23.3 Å². The van der Waals surface area contributed by atoms with E-state index in [-0.39, 0.29) is 23.4 Å². The van der Waals surface area contributed by atoms with Gasteiger partial charge in [0.05, 0.1) is 25.2 Å². The fraction of sp³-hybridized carbons (Fsp3) is 0.560. The fourth-order valence-electron chi connectivity index (χ4n) is 4.40. The largest absolute Gasteiger partial charge is 0.497 e. The van der Waals surface area contributed by atoms with E-state index in [4.69, 9.17) is 14.9 Å². The van der Waals surface area contributed by atoms with Gasteiger partial charge in [-0.15, -0.1) is 0 Å². The lowest BCUT2D eigenvalue weighted by Crippen LogP contribution is -2.55. The number of benzene rings is 1. The first-order valence-corrected chi connectivity index (χ1v) is 11.8. The Morgan fingerprint density at radius 3 is 2.59 bits per heavy atom. The Hall–Kier alpha value is -3.23. The molecule has 34 heavy (non-hydrogen) atoms. The van der Waals surface area contributed by atoms with Crippen LogP contribution in [-0.4, -0.2) is 61.9 Å². The van der Waals surface area contributed by atoms with Crippen LogP contribution in [0.3, 0.4) is 0 Å². The molecule has 0 aromatic heterocycles. The highest BCUT2D eigenvalue weighted by molar-refractivity contribution is 6.43. The van der Waals surface area contributed by atoms with Crippen molar-refractivity contribution in [3.63, 3.8) is 0 Å². The minimum atomic E-state index is -0.997. The Morgan fingerprint density at radius 2 is 1.91 bits per heavy atom. The molecule has 184 valence electrons. The molecular weight excluding hydrogens is 436 g/mol. The second kappa shape index (κ2) is 11.8. The van der Waals surface area contributed by atoms with Crippen molar-refractivity contribution < 1.29 is 23.9 Å². The van der Waals surface area contributed by atoms with E-state index in [1.807, 2.05) is 0 Å². The van der Waals surface area contributed by atoms with E-state index in [9.17, 15) is 14.4 Å². The van der Waals surface area contributed by atoms with Crippen molar-refractivity contribution in [3.8, 4) is 11.5 Å². The number of hydrogen-bond donors (Lipinski definition) is 3. The van der Waals surface area contributed by atoms with Gasteiger partial charge >= 0.3 is 0 Å². The lowest BCUT2D eigenvalue weighted by molar-refractivity contribution is -0.125. The lowest BCUT2D eigenvalue weighted by Gasteiger charge is -2.27. The molecule has 1 saturated carbocycles. The van der Waals surface area contributed by atoms with E-state index in [0.717, 1.165) is 32.1 Å². The number of ether oxygens (including phenoxy) is 2. The van der Waals surface area contributed by atoms with E-state index in [1.165, 1.54) is 7.11 Å². The van der Waals surface area contributed by atoms with Crippen LogP contribution in [0.5, 0.6) is 11.5 Å². The minimum absolute atomic E-state index is 0.0745. The van der Waals surface area contributed by atoms with Crippen LogP contribution >= 0.6 is 0 Å². The summed E-state index contributed by atoms with van der Waals surface area (Å²) >= 11 is 0. The Labute approximate surface area is 200 Å². The first-order chi connectivity index (χ1) is 16.3. The highest BCUT2D eigenvalue weighted by Crippen LogP contribution is 2.30. The van der Waals surface area contributed by atoms with Crippen LogP contribution in [0.1, 0.15) is 62.2 Å². The quantitative estimate of drug-likeness (QED) is 0.528.